The molecule has 0 aliphatic rings. The highest BCUT2D eigenvalue weighted by Crippen LogP contribution is 2.06. The van der Waals surface area contributed by atoms with Crippen molar-refractivity contribution in [2.75, 3.05) is 20.6 Å². The predicted octanol–water partition coefficient (Wildman–Crippen LogP) is 4.07. The van der Waals surface area contributed by atoms with Crippen molar-refractivity contribution in [1.29, 1.82) is 0 Å². The highest BCUT2D eigenvalue weighted by atomic mass is 15.0. The molecule has 0 amide bonds. The normalized spacial score (nSPS) is 12.6. The lowest BCUT2D eigenvalue weighted by Crippen LogP contribution is -2.14. The molecule has 0 aliphatic heterocycles. The third kappa shape index (κ3) is 6.41. The van der Waals surface area contributed by atoms with Crippen LogP contribution in [0.15, 0.2) is 54.1 Å². The van der Waals surface area contributed by atoms with Gasteiger partial charge >= 0.3 is 0 Å². The van der Waals surface area contributed by atoms with Gasteiger partial charge in [0.25, 0.3) is 0 Å². The van der Waals surface area contributed by atoms with E-state index in [0.717, 1.165) is 25.8 Å². The van der Waals surface area contributed by atoms with Crippen LogP contribution in [0.4, 0.5) is 0 Å². The monoisotopic (exact) mass is 243 g/mol. The first-order valence-electron chi connectivity index (χ1n) is 6.70. The number of allylic oxidation sites excluding steroid dienone is 3. The van der Waals surface area contributed by atoms with Crippen molar-refractivity contribution in [1.82, 2.24) is 4.90 Å². The number of hydrogen-bond acceptors (Lipinski definition) is 1. The van der Waals surface area contributed by atoms with Gasteiger partial charge in [-0.1, -0.05) is 54.1 Å². The van der Waals surface area contributed by atoms with E-state index in [-0.39, 0.29) is 0 Å². The van der Waals surface area contributed by atoms with Gasteiger partial charge in [-0.2, -0.15) is 0 Å². The highest BCUT2D eigenvalue weighted by molar-refractivity contribution is 5.15. The molecule has 0 unspecified atom stereocenters. The van der Waals surface area contributed by atoms with Crippen molar-refractivity contribution in [2.45, 2.75) is 26.2 Å². The summed E-state index contributed by atoms with van der Waals surface area (Å²) in [6, 6.07) is 10.7. The van der Waals surface area contributed by atoms with E-state index in [9.17, 15) is 0 Å². The first kappa shape index (κ1) is 14.7. The fraction of sp³-hybridized carbons (Fsp3) is 0.412. The summed E-state index contributed by atoms with van der Waals surface area (Å²) in [7, 11) is 4.23. The molecule has 1 rings (SSSR count). The first-order chi connectivity index (χ1) is 8.72. The summed E-state index contributed by atoms with van der Waals surface area (Å²) in [5.41, 5.74) is 2.90. The van der Waals surface area contributed by atoms with Crippen LogP contribution in [0.5, 0.6) is 0 Å². The van der Waals surface area contributed by atoms with E-state index < -0.39 is 0 Å². The van der Waals surface area contributed by atoms with Crippen LogP contribution in [0.3, 0.4) is 0 Å². The van der Waals surface area contributed by atoms with Gasteiger partial charge in [0.15, 0.2) is 0 Å². The van der Waals surface area contributed by atoms with Gasteiger partial charge < -0.3 is 4.90 Å². The molecule has 1 nitrogen and oxygen atoms in total. The van der Waals surface area contributed by atoms with Gasteiger partial charge in [-0.25, -0.2) is 0 Å². The Kier molecular flexibility index (Phi) is 7.12. The van der Waals surface area contributed by atoms with Crippen LogP contribution in [-0.4, -0.2) is 25.5 Å². The molecule has 18 heavy (non-hydrogen) atoms. The minimum absolute atomic E-state index is 1.06. The number of aryl methyl sites for hydroxylation is 1. The summed E-state index contributed by atoms with van der Waals surface area (Å²) in [4.78, 5) is 2.22. The van der Waals surface area contributed by atoms with E-state index in [1.807, 2.05) is 0 Å². The zero-order chi connectivity index (χ0) is 13.2. The minimum atomic E-state index is 1.06. The molecule has 1 heteroatoms. The van der Waals surface area contributed by atoms with E-state index in [2.05, 4.69) is 74.5 Å². The number of likely N-dealkylation sites (N-methyl/N-ethyl adjacent to an activating group) is 1. The van der Waals surface area contributed by atoms with Gasteiger partial charge in [0.2, 0.25) is 0 Å². The fourth-order valence-electron chi connectivity index (χ4n) is 1.93. The summed E-state index contributed by atoms with van der Waals surface area (Å²) in [6.07, 6.45) is 10.2. The molecule has 1 aromatic rings. The molecule has 0 aliphatic carbocycles. The van der Waals surface area contributed by atoms with E-state index in [1.165, 1.54) is 11.1 Å². The van der Waals surface area contributed by atoms with E-state index in [4.69, 9.17) is 0 Å². The number of hydrogen-bond donors (Lipinski definition) is 0. The molecule has 0 heterocycles. The summed E-state index contributed by atoms with van der Waals surface area (Å²) >= 11 is 0. The first-order valence-corrected chi connectivity index (χ1v) is 6.70. The number of nitrogens with zero attached hydrogens (tertiary/aromatic N) is 1. The summed E-state index contributed by atoms with van der Waals surface area (Å²) in [6.45, 7) is 3.18. The van der Waals surface area contributed by atoms with Gasteiger partial charge in [-0.3, -0.25) is 0 Å². The zero-order valence-corrected chi connectivity index (χ0v) is 11.9. The summed E-state index contributed by atoms with van der Waals surface area (Å²) in [5.74, 6) is 0. The van der Waals surface area contributed by atoms with Crippen LogP contribution in [0, 0.1) is 0 Å². The van der Waals surface area contributed by atoms with E-state index >= 15 is 0 Å². The second kappa shape index (κ2) is 8.71. The molecule has 0 spiro atoms. The smallest absolute Gasteiger partial charge is 0.0189 e. The maximum atomic E-state index is 2.30. The topological polar surface area (TPSA) is 3.24 Å². The number of benzene rings is 1. The molecule has 0 saturated heterocycles. The average Bonchev–Trinajstić information content (AvgIpc) is 2.37. The largest absolute Gasteiger partial charge is 0.305 e. The summed E-state index contributed by atoms with van der Waals surface area (Å²) in [5, 5.41) is 0. The predicted molar refractivity (Wildman–Crippen MR) is 80.8 cm³/mol. The average molecular weight is 243 g/mol. The lowest BCUT2D eigenvalue weighted by molar-refractivity contribution is 0.442. The van der Waals surface area contributed by atoms with Gasteiger partial charge in [0.05, 0.1) is 0 Å². The maximum Gasteiger partial charge on any atom is 0.0189 e. The van der Waals surface area contributed by atoms with E-state index in [1.54, 1.807) is 0 Å². The molecule has 0 fully saturated rings. The maximum absolute atomic E-state index is 2.30. The Balaban J connectivity index is 2.25. The fourth-order valence-corrected chi connectivity index (χ4v) is 1.93. The molecular formula is C17H25N. The van der Waals surface area contributed by atoms with Gasteiger partial charge in [-0.15, -0.1) is 0 Å². The van der Waals surface area contributed by atoms with Crippen molar-refractivity contribution in [3.8, 4) is 0 Å². The lowest BCUT2D eigenvalue weighted by atomic mass is 10.1. The molecule has 0 N–H and O–H groups in total. The van der Waals surface area contributed by atoms with Crippen molar-refractivity contribution >= 4 is 0 Å². The third-order valence-electron chi connectivity index (χ3n) is 2.92. The Morgan fingerprint density at radius 1 is 1.11 bits per heavy atom. The van der Waals surface area contributed by atoms with Crippen molar-refractivity contribution < 1.29 is 0 Å². The molecule has 1 aromatic carbocycles. The standard InChI is InChI=1S/C17H25N/c1-4-16(15-18(2)3)11-7-5-8-12-17-13-9-6-10-14-17/h4-7,9-10,13-14H,8,11-12,15H2,1-3H3. The molecule has 0 bridgehead atoms. The minimum Gasteiger partial charge on any atom is -0.305 e. The van der Waals surface area contributed by atoms with E-state index in [0.29, 0.717) is 0 Å². The Morgan fingerprint density at radius 3 is 2.44 bits per heavy atom. The van der Waals surface area contributed by atoms with Crippen LogP contribution >= 0.6 is 0 Å². The van der Waals surface area contributed by atoms with Crippen LogP contribution in [0.1, 0.15) is 25.3 Å². The van der Waals surface area contributed by atoms with Crippen molar-refractivity contribution in [3.05, 3.63) is 59.7 Å². The number of rotatable bonds is 7. The second-order valence-corrected chi connectivity index (χ2v) is 4.88. The van der Waals surface area contributed by atoms with Crippen LogP contribution in [0.25, 0.3) is 0 Å². The lowest BCUT2D eigenvalue weighted by Gasteiger charge is -2.11. The van der Waals surface area contributed by atoms with Crippen molar-refractivity contribution in [2.24, 2.45) is 0 Å². The Hall–Kier alpha value is -1.34. The molecule has 0 aromatic heterocycles. The SMILES string of the molecule is CC=C(CC=CCCc1ccccc1)CN(C)C. The quantitative estimate of drug-likeness (QED) is 0.652. The van der Waals surface area contributed by atoms with Crippen LogP contribution < -0.4 is 0 Å². The molecule has 0 saturated carbocycles. The molecular weight excluding hydrogens is 218 g/mol. The van der Waals surface area contributed by atoms with Crippen LogP contribution in [0.2, 0.25) is 0 Å². The van der Waals surface area contributed by atoms with Gasteiger partial charge in [0.1, 0.15) is 0 Å². The third-order valence-corrected chi connectivity index (χ3v) is 2.92. The van der Waals surface area contributed by atoms with Crippen molar-refractivity contribution in [3.63, 3.8) is 0 Å². The Bertz CT molecular complexity index is 374. The van der Waals surface area contributed by atoms with Crippen LogP contribution in [-0.2, 0) is 6.42 Å². The van der Waals surface area contributed by atoms with Gasteiger partial charge in [-0.05, 0) is 45.8 Å². The van der Waals surface area contributed by atoms with Gasteiger partial charge in [0, 0.05) is 6.54 Å². The molecule has 0 atom stereocenters. The second-order valence-electron chi connectivity index (χ2n) is 4.88. The molecule has 98 valence electrons. The summed E-state index contributed by atoms with van der Waals surface area (Å²) < 4.78 is 0. The Morgan fingerprint density at radius 2 is 1.83 bits per heavy atom. The zero-order valence-electron chi connectivity index (χ0n) is 11.9. The highest BCUT2D eigenvalue weighted by Gasteiger charge is 1.95. The molecule has 0 radical (unpaired) electrons. The Labute approximate surface area is 112 Å².